The average Bonchev–Trinajstić information content (AvgIpc) is 2.83. The quantitative estimate of drug-likeness (QED) is 0.849. The minimum Gasteiger partial charge on any atom is -0.476 e. The van der Waals surface area contributed by atoms with Crippen LogP contribution in [0.2, 0.25) is 0 Å². The summed E-state index contributed by atoms with van der Waals surface area (Å²) >= 11 is 1.36. The first-order valence-corrected chi connectivity index (χ1v) is 6.39. The summed E-state index contributed by atoms with van der Waals surface area (Å²) < 4.78 is 0. The summed E-state index contributed by atoms with van der Waals surface area (Å²) in [4.78, 5) is 14.7. The highest BCUT2D eigenvalue weighted by atomic mass is 32.1. The van der Waals surface area contributed by atoms with Crippen LogP contribution in [-0.4, -0.2) is 22.6 Å². The van der Waals surface area contributed by atoms with Gasteiger partial charge >= 0.3 is 5.97 Å². The van der Waals surface area contributed by atoms with Crippen molar-refractivity contribution in [3.63, 3.8) is 0 Å². The van der Waals surface area contributed by atoms with E-state index in [1.807, 2.05) is 0 Å². The van der Waals surface area contributed by atoms with Crippen molar-refractivity contribution in [2.75, 3.05) is 11.9 Å². The normalized spacial score (nSPS) is 18.6. The third-order valence-corrected chi connectivity index (χ3v) is 4.04. The third-order valence-electron chi connectivity index (χ3n) is 3.26. The lowest BCUT2D eigenvalue weighted by atomic mass is 9.89. The molecule has 1 fully saturated rings. The zero-order chi connectivity index (χ0) is 11.6. The maximum atomic E-state index is 10.9. The number of rotatable bonds is 4. The van der Waals surface area contributed by atoms with Crippen molar-refractivity contribution in [3.8, 4) is 0 Å². The van der Waals surface area contributed by atoms with E-state index in [2.05, 4.69) is 17.2 Å². The van der Waals surface area contributed by atoms with E-state index in [9.17, 15) is 4.79 Å². The van der Waals surface area contributed by atoms with E-state index in [4.69, 9.17) is 5.11 Å². The molecule has 1 aliphatic rings. The van der Waals surface area contributed by atoms with Crippen LogP contribution in [0.4, 0.5) is 5.00 Å². The Morgan fingerprint density at radius 2 is 2.31 bits per heavy atom. The molecule has 0 aliphatic heterocycles. The minimum absolute atomic E-state index is 0.145. The van der Waals surface area contributed by atoms with Crippen LogP contribution in [0.1, 0.15) is 43.1 Å². The van der Waals surface area contributed by atoms with Crippen molar-refractivity contribution in [2.24, 2.45) is 5.41 Å². The van der Waals surface area contributed by atoms with Crippen LogP contribution in [0.25, 0.3) is 0 Å². The van der Waals surface area contributed by atoms with Gasteiger partial charge in [-0.15, -0.1) is 11.3 Å². The number of aromatic nitrogens is 1. The van der Waals surface area contributed by atoms with E-state index >= 15 is 0 Å². The Kier molecular flexibility index (Phi) is 3.14. The van der Waals surface area contributed by atoms with Crippen LogP contribution in [0, 0.1) is 5.41 Å². The number of nitrogens with zero attached hydrogens (tertiary/aromatic N) is 1. The second-order valence-electron chi connectivity index (χ2n) is 4.71. The molecule has 0 bridgehead atoms. The predicted octanol–water partition coefficient (Wildman–Crippen LogP) is 2.83. The van der Waals surface area contributed by atoms with Crippen LogP contribution in [0.5, 0.6) is 0 Å². The van der Waals surface area contributed by atoms with Gasteiger partial charge in [-0.05, 0) is 18.3 Å². The fourth-order valence-corrected chi connectivity index (χ4v) is 2.89. The van der Waals surface area contributed by atoms with Gasteiger partial charge in [-0.3, -0.25) is 0 Å². The van der Waals surface area contributed by atoms with E-state index in [-0.39, 0.29) is 5.69 Å². The summed E-state index contributed by atoms with van der Waals surface area (Å²) in [6.45, 7) is 3.10. The molecule has 0 spiro atoms. The van der Waals surface area contributed by atoms with Gasteiger partial charge < -0.3 is 10.4 Å². The van der Waals surface area contributed by atoms with Gasteiger partial charge in [0.1, 0.15) is 5.00 Å². The van der Waals surface area contributed by atoms with Gasteiger partial charge in [0.25, 0.3) is 0 Å². The van der Waals surface area contributed by atoms with Gasteiger partial charge in [0.2, 0.25) is 0 Å². The molecule has 88 valence electrons. The molecule has 1 aromatic heterocycles. The van der Waals surface area contributed by atoms with Crippen LogP contribution in [0.3, 0.4) is 0 Å². The second kappa shape index (κ2) is 4.41. The monoisotopic (exact) mass is 240 g/mol. The first-order valence-electron chi connectivity index (χ1n) is 5.51. The molecule has 0 amide bonds. The Bertz CT molecular complexity index is 383. The lowest BCUT2D eigenvalue weighted by molar-refractivity contribution is 0.0692. The van der Waals surface area contributed by atoms with Crippen molar-refractivity contribution in [2.45, 2.75) is 32.6 Å². The molecular weight excluding hydrogens is 224 g/mol. The number of carboxylic acids is 1. The Morgan fingerprint density at radius 1 is 1.62 bits per heavy atom. The topological polar surface area (TPSA) is 62.2 Å². The fourth-order valence-electron chi connectivity index (χ4n) is 2.22. The maximum absolute atomic E-state index is 10.9. The SMILES string of the molecule is CC1(CNc2scnc2C(=O)O)CCCC1. The Labute approximate surface area is 98.7 Å². The number of nitrogens with one attached hydrogen (secondary N) is 1. The Hall–Kier alpha value is -1.10. The fraction of sp³-hybridized carbons (Fsp3) is 0.636. The van der Waals surface area contributed by atoms with E-state index in [1.165, 1.54) is 37.0 Å². The van der Waals surface area contributed by atoms with Crippen LogP contribution in [-0.2, 0) is 0 Å². The van der Waals surface area contributed by atoms with Crippen molar-refractivity contribution in [3.05, 3.63) is 11.2 Å². The number of carbonyl (C=O) groups is 1. The summed E-state index contributed by atoms with van der Waals surface area (Å²) in [6, 6.07) is 0. The van der Waals surface area contributed by atoms with Crippen LogP contribution < -0.4 is 5.32 Å². The molecule has 0 atom stereocenters. The standard InChI is InChI=1S/C11H16N2O2S/c1-11(4-2-3-5-11)6-12-9-8(10(14)15)13-7-16-9/h7,12H,2-6H2,1H3,(H,14,15). The summed E-state index contributed by atoms with van der Waals surface area (Å²) in [5.41, 5.74) is 2.04. The smallest absolute Gasteiger partial charge is 0.357 e. The van der Waals surface area contributed by atoms with Gasteiger partial charge in [0.15, 0.2) is 5.69 Å². The molecule has 0 radical (unpaired) electrons. The summed E-state index contributed by atoms with van der Waals surface area (Å²) in [5, 5.41) is 12.8. The van der Waals surface area contributed by atoms with Crippen LogP contribution in [0.15, 0.2) is 5.51 Å². The number of aromatic carboxylic acids is 1. The highest BCUT2D eigenvalue weighted by Crippen LogP contribution is 2.38. The van der Waals surface area contributed by atoms with Gasteiger partial charge in [-0.25, -0.2) is 9.78 Å². The van der Waals surface area contributed by atoms with Gasteiger partial charge in [-0.2, -0.15) is 0 Å². The number of carboxylic acid groups (broad SMARTS) is 1. The zero-order valence-electron chi connectivity index (χ0n) is 9.32. The Balaban J connectivity index is 1.99. The van der Waals surface area contributed by atoms with Gasteiger partial charge in [-0.1, -0.05) is 19.8 Å². The molecule has 5 heteroatoms. The minimum atomic E-state index is -0.958. The molecule has 1 aliphatic carbocycles. The van der Waals surface area contributed by atoms with Crippen LogP contribution >= 0.6 is 11.3 Å². The maximum Gasteiger partial charge on any atom is 0.357 e. The molecule has 16 heavy (non-hydrogen) atoms. The molecule has 1 heterocycles. The van der Waals surface area contributed by atoms with Gasteiger partial charge in [0, 0.05) is 6.54 Å². The summed E-state index contributed by atoms with van der Waals surface area (Å²) in [5.74, 6) is -0.958. The number of anilines is 1. The first kappa shape index (κ1) is 11.4. The highest BCUT2D eigenvalue weighted by molar-refractivity contribution is 7.14. The highest BCUT2D eigenvalue weighted by Gasteiger charge is 2.28. The first-order chi connectivity index (χ1) is 7.61. The zero-order valence-corrected chi connectivity index (χ0v) is 10.1. The Morgan fingerprint density at radius 3 is 2.94 bits per heavy atom. The molecule has 0 aromatic carbocycles. The van der Waals surface area contributed by atoms with Crippen molar-refractivity contribution in [1.82, 2.24) is 4.98 Å². The molecule has 0 saturated heterocycles. The molecule has 1 saturated carbocycles. The second-order valence-corrected chi connectivity index (χ2v) is 5.56. The number of thiazole rings is 1. The van der Waals surface area contributed by atoms with E-state index in [1.54, 1.807) is 5.51 Å². The van der Waals surface area contributed by atoms with Gasteiger partial charge in [0.05, 0.1) is 5.51 Å². The van der Waals surface area contributed by atoms with E-state index in [0.29, 0.717) is 10.4 Å². The third kappa shape index (κ3) is 2.35. The molecule has 4 nitrogen and oxygen atoms in total. The van der Waals surface area contributed by atoms with E-state index in [0.717, 1.165) is 6.54 Å². The number of hydrogen-bond acceptors (Lipinski definition) is 4. The number of hydrogen-bond donors (Lipinski definition) is 2. The summed E-state index contributed by atoms with van der Waals surface area (Å²) in [7, 11) is 0. The lowest BCUT2D eigenvalue weighted by Gasteiger charge is -2.23. The molecular formula is C11H16N2O2S. The summed E-state index contributed by atoms with van der Waals surface area (Å²) in [6.07, 6.45) is 5.02. The predicted molar refractivity (Wildman–Crippen MR) is 64.1 cm³/mol. The largest absolute Gasteiger partial charge is 0.476 e. The van der Waals surface area contributed by atoms with Crippen molar-refractivity contribution < 1.29 is 9.90 Å². The van der Waals surface area contributed by atoms with Crippen molar-refractivity contribution in [1.29, 1.82) is 0 Å². The molecule has 1 aromatic rings. The molecule has 0 unspecified atom stereocenters. The lowest BCUT2D eigenvalue weighted by Crippen LogP contribution is -2.23. The molecule has 2 N–H and O–H groups in total. The van der Waals surface area contributed by atoms with E-state index < -0.39 is 5.97 Å². The average molecular weight is 240 g/mol. The molecule has 2 rings (SSSR count). The van der Waals surface area contributed by atoms with Crippen molar-refractivity contribution >= 4 is 22.3 Å².